The van der Waals surface area contributed by atoms with E-state index in [1.807, 2.05) is 0 Å². The lowest BCUT2D eigenvalue weighted by atomic mass is 10.1. The monoisotopic (exact) mass is 517 g/mol. The predicted molar refractivity (Wildman–Crippen MR) is 130 cm³/mol. The minimum atomic E-state index is -0.529. The number of benzene rings is 3. The summed E-state index contributed by atoms with van der Waals surface area (Å²) in [6.45, 7) is 1.72. The van der Waals surface area contributed by atoms with Gasteiger partial charge in [-0.15, -0.1) is 0 Å². The Morgan fingerprint density at radius 2 is 2.03 bits per heavy atom. The van der Waals surface area contributed by atoms with Crippen LogP contribution in [0, 0.1) is 28.4 Å². The number of nitrogens with zero attached hydrogens (tertiary/aromatic N) is 5. The Balaban J connectivity index is 1.73. The van der Waals surface area contributed by atoms with Crippen LogP contribution in [-0.2, 0) is 6.61 Å². The topological polar surface area (TPSA) is 123 Å². The van der Waals surface area contributed by atoms with E-state index in [4.69, 9.17) is 4.74 Å². The standard InChI is InChI=1S/C24H16BrN5O4/c1-15-28-22-8-6-19(25)11-21(22)24(31)29(15)27-13-18-10-20(30(32)33)7-9-23(18)34-14-17-5-3-2-4-16(17)12-26/h2-11,13H,14H2,1H3. The zero-order valence-corrected chi connectivity index (χ0v) is 19.4. The molecule has 0 saturated heterocycles. The molecule has 0 aliphatic carbocycles. The number of halogens is 1. The van der Waals surface area contributed by atoms with Gasteiger partial charge in [0, 0.05) is 27.7 Å². The fourth-order valence-electron chi connectivity index (χ4n) is 3.31. The zero-order chi connectivity index (χ0) is 24.2. The van der Waals surface area contributed by atoms with Crippen molar-refractivity contribution in [3.63, 3.8) is 0 Å². The fourth-order valence-corrected chi connectivity index (χ4v) is 3.67. The Labute approximate surface area is 201 Å². The maximum atomic E-state index is 13.0. The van der Waals surface area contributed by atoms with E-state index >= 15 is 0 Å². The highest BCUT2D eigenvalue weighted by Crippen LogP contribution is 2.24. The third-order valence-corrected chi connectivity index (χ3v) is 5.50. The number of rotatable bonds is 6. The number of aromatic nitrogens is 2. The molecule has 168 valence electrons. The molecule has 0 N–H and O–H groups in total. The number of fused-ring (bicyclic) bond motifs is 1. The van der Waals surface area contributed by atoms with Gasteiger partial charge in [-0.3, -0.25) is 14.9 Å². The van der Waals surface area contributed by atoms with Crippen LogP contribution in [0.2, 0.25) is 0 Å². The third kappa shape index (κ3) is 4.69. The summed E-state index contributed by atoms with van der Waals surface area (Å²) in [7, 11) is 0. The van der Waals surface area contributed by atoms with Crippen LogP contribution in [0.15, 0.2) is 75.0 Å². The summed E-state index contributed by atoms with van der Waals surface area (Å²) < 4.78 is 7.72. The van der Waals surface area contributed by atoms with Crippen molar-refractivity contribution in [1.82, 2.24) is 9.66 Å². The first-order valence-corrected chi connectivity index (χ1v) is 10.8. The quantitative estimate of drug-likeness (QED) is 0.207. The van der Waals surface area contributed by atoms with Gasteiger partial charge in [-0.1, -0.05) is 34.1 Å². The van der Waals surface area contributed by atoms with Gasteiger partial charge in [0.05, 0.1) is 33.7 Å². The van der Waals surface area contributed by atoms with Gasteiger partial charge in [-0.05, 0) is 37.3 Å². The summed E-state index contributed by atoms with van der Waals surface area (Å²) in [6.07, 6.45) is 1.32. The molecule has 34 heavy (non-hydrogen) atoms. The van der Waals surface area contributed by atoms with E-state index in [1.165, 1.54) is 24.4 Å². The molecule has 0 bridgehead atoms. The molecule has 10 heteroatoms. The number of hydrogen-bond donors (Lipinski definition) is 0. The van der Waals surface area contributed by atoms with Crippen molar-refractivity contribution < 1.29 is 9.66 Å². The van der Waals surface area contributed by atoms with Crippen LogP contribution in [-0.4, -0.2) is 20.8 Å². The molecule has 3 aromatic carbocycles. The molecule has 4 aromatic rings. The summed E-state index contributed by atoms with van der Waals surface area (Å²) in [5.41, 5.74) is 1.43. The number of ether oxygens (including phenoxy) is 1. The Morgan fingerprint density at radius 1 is 1.24 bits per heavy atom. The molecule has 0 radical (unpaired) electrons. The summed E-state index contributed by atoms with van der Waals surface area (Å²) in [6, 6.07) is 18.3. The van der Waals surface area contributed by atoms with Crippen molar-refractivity contribution in [3.8, 4) is 11.8 Å². The lowest BCUT2D eigenvalue weighted by Gasteiger charge is -2.10. The SMILES string of the molecule is Cc1nc2ccc(Br)cc2c(=O)n1N=Cc1cc([N+](=O)[O-])ccc1OCc1ccccc1C#N. The second kappa shape index (κ2) is 9.64. The van der Waals surface area contributed by atoms with Crippen LogP contribution in [0.1, 0.15) is 22.5 Å². The van der Waals surface area contributed by atoms with Gasteiger partial charge in [0.1, 0.15) is 18.2 Å². The highest BCUT2D eigenvalue weighted by molar-refractivity contribution is 9.10. The first-order valence-electron chi connectivity index (χ1n) is 10.00. The number of nitro benzene ring substituents is 1. The van der Waals surface area contributed by atoms with E-state index in [-0.39, 0.29) is 17.9 Å². The van der Waals surface area contributed by atoms with Crippen molar-refractivity contribution in [2.24, 2.45) is 5.10 Å². The summed E-state index contributed by atoms with van der Waals surface area (Å²) in [4.78, 5) is 28.2. The van der Waals surface area contributed by atoms with Crippen molar-refractivity contribution in [2.75, 3.05) is 0 Å². The van der Waals surface area contributed by atoms with Crippen molar-refractivity contribution >= 4 is 38.7 Å². The second-order valence-electron chi connectivity index (χ2n) is 7.22. The molecule has 0 fully saturated rings. The summed E-state index contributed by atoms with van der Waals surface area (Å²) in [5, 5.41) is 25.2. The zero-order valence-electron chi connectivity index (χ0n) is 17.8. The van der Waals surface area contributed by atoms with Gasteiger partial charge < -0.3 is 4.74 Å². The number of nitro groups is 1. The molecule has 4 rings (SSSR count). The second-order valence-corrected chi connectivity index (χ2v) is 8.13. The summed E-state index contributed by atoms with van der Waals surface area (Å²) >= 11 is 3.35. The number of nitriles is 1. The summed E-state index contributed by atoms with van der Waals surface area (Å²) in [5.74, 6) is 0.663. The van der Waals surface area contributed by atoms with Crippen LogP contribution in [0.5, 0.6) is 5.75 Å². The lowest BCUT2D eigenvalue weighted by Crippen LogP contribution is -2.20. The largest absolute Gasteiger partial charge is 0.488 e. The average molecular weight is 518 g/mol. The van der Waals surface area contributed by atoms with E-state index in [0.29, 0.717) is 39.2 Å². The van der Waals surface area contributed by atoms with E-state index < -0.39 is 4.92 Å². The molecule has 0 aliphatic rings. The van der Waals surface area contributed by atoms with Gasteiger partial charge in [-0.2, -0.15) is 15.0 Å². The van der Waals surface area contributed by atoms with Crippen LogP contribution in [0.25, 0.3) is 10.9 Å². The molecule has 0 saturated carbocycles. The third-order valence-electron chi connectivity index (χ3n) is 5.01. The van der Waals surface area contributed by atoms with Gasteiger partial charge in [0.25, 0.3) is 11.2 Å². The molecule has 0 atom stereocenters. The number of non-ortho nitro benzene ring substituents is 1. The van der Waals surface area contributed by atoms with E-state index in [1.54, 1.807) is 49.4 Å². The van der Waals surface area contributed by atoms with Gasteiger partial charge in [0.15, 0.2) is 0 Å². The first kappa shape index (κ1) is 22.8. The molecule has 1 heterocycles. The van der Waals surface area contributed by atoms with E-state index in [9.17, 15) is 20.2 Å². The number of aryl methyl sites for hydroxylation is 1. The molecule has 0 amide bonds. The Kier molecular flexibility index (Phi) is 6.47. The molecule has 9 nitrogen and oxygen atoms in total. The van der Waals surface area contributed by atoms with Gasteiger partial charge >= 0.3 is 0 Å². The highest BCUT2D eigenvalue weighted by atomic mass is 79.9. The lowest BCUT2D eigenvalue weighted by molar-refractivity contribution is -0.384. The molecule has 0 spiro atoms. The molecule has 1 aromatic heterocycles. The van der Waals surface area contributed by atoms with Crippen molar-refractivity contribution in [3.05, 3.63) is 108 Å². The van der Waals surface area contributed by atoms with Crippen LogP contribution in [0.3, 0.4) is 0 Å². The molecule has 0 unspecified atom stereocenters. The maximum Gasteiger partial charge on any atom is 0.282 e. The van der Waals surface area contributed by atoms with Crippen molar-refractivity contribution in [2.45, 2.75) is 13.5 Å². The average Bonchev–Trinajstić information content (AvgIpc) is 2.83. The van der Waals surface area contributed by atoms with Crippen LogP contribution in [0.4, 0.5) is 5.69 Å². The van der Waals surface area contributed by atoms with Crippen LogP contribution < -0.4 is 10.3 Å². The molecular formula is C24H16BrN5O4. The highest BCUT2D eigenvalue weighted by Gasteiger charge is 2.13. The fraction of sp³-hybridized carbons (Fsp3) is 0.0833. The van der Waals surface area contributed by atoms with E-state index in [0.717, 1.165) is 9.15 Å². The predicted octanol–water partition coefficient (Wildman–Crippen LogP) is 4.71. The normalized spacial score (nSPS) is 11.0. The number of hydrogen-bond acceptors (Lipinski definition) is 7. The minimum Gasteiger partial charge on any atom is -0.488 e. The van der Waals surface area contributed by atoms with Crippen molar-refractivity contribution in [1.29, 1.82) is 5.26 Å². The minimum absolute atomic E-state index is 0.0763. The maximum absolute atomic E-state index is 13.0. The Bertz CT molecular complexity index is 1560. The first-order chi connectivity index (χ1) is 16.4. The molecular weight excluding hydrogens is 502 g/mol. The van der Waals surface area contributed by atoms with E-state index in [2.05, 4.69) is 32.1 Å². The molecule has 0 aliphatic heterocycles. The van der Waals surface area contributed by atoms with Gasteiger partial charge in [0.2, 0.25) is 0 Å². The van der Waals surface area contributed by atoms with Crippen LogP contribution >= 0.6 is 15.9 Å². The smallest absolute Gasteiger partial charge is 0.282 e. The Hall–Kier alpha value is -4.36. The Morgan fingerprint density at radius 3 is 2.79 bits per heavy atom. The van der Waals surface area contributed by atoms with Gasteiger partial charge in [-0.25, -0.2) is 4.98 Å².